The van der Waals surface area contributed by atoms with Gasteiger partial charge in [-0.2, -0.15) is 0 Å². The average Bonchev–Trinajstić information content (AvgIpc) is 2.16. The van der Waals surface area contributed by atoms with Crippen molar-refractivity contribution >= 4 is 9.84 Å². The van der Waals surface area contributed by atoms with Crippen LogP contribution in [0.3, 0.4) is 0 Å². The van der Waals surface area contributed by atoms with Crippen LogP contribution in [-0.2, 0) is 9.84 Å². The highest BCUT2D eigenvalue weighted by atomic mass is 32.2. The minimum Gasteiger partial charge on any atom is -0.330 e. The Kier molecular flexibility index (Phi) is 4.04. The lowest BCUT2D eigenvalue weighted by atomic mass is 9.97. The quantitative estimate of drug-likeness (QED) is 0.878. The minimum absolute atomic E-state index is 0.0634. The smallest absolute Gasteiger partial charge is 0.175 e. The van der Waals surface area contributed by atoms with Crippen LogP contribution in [0.25, 0.3) is 0 Å². The number of rotatable bonds is 4. The molecular weight excluding hydrogens is 229 g/mol. The first kappa shape index (κ1) is 13.1. The Morgan fingerprint density at radius 3 is 2.56 bits per heavy atom. The van der Waals surface area contributed by atoms with Crippen molar-refractivity contribution in [3.05, 3.63) is 29.6 Å². The van der Waals surface area contributed by atoms with E-state index in [0.29, 0.717) is 13.0 Å². The fraction of sp³-hybridized carbons (Fsp3) is 0.455. The van der Waals surface area contributed by atoms with Gasteiger partial charge in [0.05, 0.1) is 4.90 Å². The molecule has 0 aliphatic carbocycles. The molecule has 2 N–H and O–H groups in total. The van der Waals surface area contributed by atoms with E-state index in [2.05, 4.69) is 0 Å². The predicted octanol–water partition coefficient (Wildman–Crippen LogP) is 1.68. The largest absolute Gasteiger partial charge is 0.330 e. The molecule has 0 fully saturated rings. The monoisotopic (exact) mass is 245 g/mol. The minimum atomic E-state index is -3.40. The molecule has 1 aromatic carbocycles. The maximum absolute atomic E-state index is 13.6. The summed E-state index contributed by atoms with van der Waals surface area (Å²) < 4.78 is 36.7. The van der Waals surface area contributed by atoms with Crippen molar-refractivity contribution in [3.8, 4) is 0 Å². The standard InChI is InChI=1S/C11H16FNO2S/c1-8(6-7-13)11-9(12)4-3-5-10(11)16(2,14)15/h3-5,8H,6-7,13H2,1-2H3. The van der Waals surface area contributed by atoms with E-state index in [-0.39, 0.29) is 16.4 Å². The number of halogens is 1. The van der Waals surface area contributed by atoms with Gasteiger partial charge in [0.1, 0.15) is 5.82 Å². The van der Waals surface area contributed by atoms with Crippen LogP contribution in [0.5, 0.6) is 0 Å². The van der Waals surface area contributed by atoms with Crippen LogP contribution in [-0.4, -0.2) is 21.2 Å². The summed E-state index contributed by atoms with van der Waals surface area (Å²) in [5, 5.41) is 0. The Balaban J connectivity index is 3.35. The van der Waals surface area contributed by atoms with E-state index in [4.69, 9.17) is 5.73 Å². The van der Waals surface area contributed by atoms with Crippen LogP contribution < -0.4 is 5.73 Å². The lowest BCUT2D eigenvalue weighted by Crippen LogP contribution is -2.11. The van der Waals surface area contributed by atoms with Gasteiger partial charge in [-0.05, 0) is 31.0 Å². The van der Waals surface area contributed by atoms with E-state index in [1.54, 1.807) is 6.92 Å². The predicted molar refractivity (Wildman–Crippen MR) is 61.6 cm³/mol. The Bertz CT molecular complexity index is 471. The summed E-state index contributed by atoms with van der Waals surface area (Å²) in [4.78, 5) is 0.0634. The Labute approximate surface area is 95.4 Å². The van der Waals surface area contributed by atoms with E-state index in [1.165, 1.54) is 18.2 Å². The number of nitrogens with two attached hydrogens (primary N) is 1. The van der Waals surface area contributed by atoms with Gasteiger partial charge in [0.25, 0.3) is 0 Å². The van der Waals surface area contributed by atoms with Crippen molar-refractivity contribution in [2.75, 3.05) is 12.8 Å². The summed E-state index contributed by atoms with van der Waals surface area (Å²) >= 11 is 0. The first-order chi connectivity index (χ1) is 7.38. The molecule has 90 valence electrons. The maximum atomic E-state index is 13.6. The van der Waals surface area contributed by atoms with Crippen LogP contribution >= 0.6 is 0 Å². The zero-order valence-electron chi connectivity index (χ0n) is 9.40. The normalized spacial score (nSPS) is 13.8. The third-order valence-corrected chi connectivity index (χ3v) is 3.66. The first-order valence-corrected chi connectivity index (χ1v) is 6.95. The summed E-state index contributed by atoms with van der Waals surface area (Å²) in [5.41, 5.74) is 5.65. The van der Waals surface area contributed by atoms with Crippen molar-refractivity contribution in [1.29, 1.82) is 0 Å². The lowest BCUT2D eigenvalue weighted by Gasteiger charge is -2.15. The van der Waals surface area contributed by atoms with Gasteiger partial charge in [-0.1, -0.05) is 13.0 Å². The number of hydrogen-bond acceptors (Lipinski definition) is 3. The van der Waals surface area contributed by atoms with E-state index in [0.717, 1.165) is 6.26 Å². The molecule has 16 heavy (non-hydrogen) atoms. The van der Waals surface area contributed by atoms with Gasteiger partial charge in [-0.25, -0.2) is 12.8 Å². The third kappa shape index (κ3) is 2.80. The molecule has 0 heterocycles. The molecule has 0 aromatic heterocycles. The number of benzene rings is 1. The molecule has 0 bridgehead atoms. The van der Waals surface area contributed by atoms with Crippen LogP contribution in [0.1, 0.15) is 24.8 Å². The second kappa shape index (κ2) is 4.93. The summed E-state index contributed by atoms with van der Waals surface area (Å²) in [7, 11) is -3.40. The van der Waals surface area contributed by atoms with Gasteiger partial charge < -0.3 is 5.73 Å². The summed E-state index contributed by atoms with van der Waals surface area (Å²) in [6.45, 7) is 2.18. The molecule has 0 radical (unpaired) electrons. The summed E-state index contributed by atoms with van der Waals surface area (Å²) in [5.74, 6) is -0.681. The maximum Gasteiger partial charge on any atom is 0.175 e. The molecule has 0 aliphatic heterocycles. The van der Waals surface area contributed by atoms with E-state index >= 15 is 0 Å². The van der Waals surface area contributed by atoms with Crippen molar-refractivity contribution in [2.45, 2.75) is 24.2 Å². The lowest BCUT2D eigenvalue weighted by molar-refractivity contribution is 0.558. The SMILES string of the molecule is CC(CCN)c1c(F)cccc1S(C)(=O)=O. The summed E-state index contributed by atoms with van der Waals surface area (Å²) in [6, 6.07) is 4.11. The highest BCUT2D eigenvalue weighted by Gasteiger charge is 2.20. The molecule has 1 unspecified atom stereocenters. The zero-order valence-corrected chi connectivity index (χ0v) is 10.2. The van der Waals surface area contributed by atoms with Crippen molar-refractivity contribution in [2.24, 2.45) is 5.73 Å². The molecule has 1 atom stereocenters. The zero-order chi connectivity index (χ0) is 12.3. The number of hydrogen-bond donors (Lipinski definition) is 1. The second-order valence-corrected chi connectivity index (χ2v) is 5.89. The Morgan fingerprint density at radius 2 is 2.06 bits per heavy atom. The molecule has 5 heteroatoms. The second-order valence-electron chi connectivity index (χ2n) is 3.90. The van der Waals surface area contributed by atoms with Gasteiger partial charge in [0, 0.05) is 11.8 Å². The van der Waals surface area contributed by atoms with Gasteiger partial charge in [0.2, 0.25) is 0 Å². The average molecular weight is 245 g/mol. The van der Waals surface area contributed by atoms with Crippen LogP contribution in [0, 0.1) is 5.82 Å². The molecule has 0 aliphatic rings. The first-order valence-electron chi connectivity index (χ1n) is 5.06. The Morgan fingerprint density at radius 1 is 1.44 bits per heavy atom. The van der Waals surface area contributed by atoms with Crippen molar-refractivity contribution in [1.82, 2.24) is 0 Å². The molecular formula is C11H16FNO2S. The highest BCUT2D eigenvalue weighted by Crippen LogP contribution is 2.28. The fourth-order valence-corrected chi connectivity index (χ4v) is 2.74. The molecule has 0 saturated carbocycles. The van der Waals surface area contributed by atoms with Crippen LogP contribution in [0.4, 0.5) is 4.39 Å². The number of sulfone groups is 1. The van der Waals surface area contributed by atoms with E-state index < -0.39 is 15.7 Å². The van der Waals surface area contributed by atoms with E-state index in [1.807, 2.05) is 0 Å². The summed E-state index contributed by atoms with van der Waals surface area (Å²) in [6.07, 6.45) is 1.64. The topological polar surface area (TPSA) is 60.2 Å². The van der Waals surface area contributed by atoms with Gasteiger partial charge in [-0.15, -0.1) is 0 Å². The third-order valence-electron chi connectivity index (χ3n) is 2.50. The molecule has 1 aromatic rings. The van der Waals surface area contributed by atoms with Gasteiger partial charge in [0.15, 0.2) is 9.84 Å². The van der Waals surface area contributed by atoms with Gasteiger partial charge >= 0.3 is 0 Å². The molecule has 1 rings (SSSR count). The van der Waals surface area contributed by atoms with Crippen LogP contribution in [0.15, 0.2) is 23.1 Å². The highest BCUT2D eigenvalue weighted by molar-refractivity contribution is 7.90. The van der Waals surface area contributed by atoms with Gasteiger partial charge in [-0.3, -0.25) is 0 Å². The molecule has 0 saturated heterocycles. The van der Waals surface area contributed by atoms with Crippen molar-refractivity contribution < 1.29 is 12.8 Å². The Hall–Kier alpha value is -0.940. The van der Waals surface area contributed by atoms with E-state index in [9.17, 15) is 12.8 Å². The van der Waals surface area contributed by atoms with Crippen molar-refractivity contribution in [3.63, 3.8) is 0 Å². The molecule has 0 spiro atoms. The molecule has 3 nitrogen and oxygen atoms in total. The fourth-order valence-electron chi connectivity index (χ4n) is 1.71. The van der Waals surface area contributed by atoms with Crippen LogP contribution in [0.2, 0.25) is 0 Å². The molecule has 0 amide bonds.